The fourth-order valence-electron chi connectivity index (χ4n) is 3.16. The van der Waals surface area contributed by atoms with Gasteiger partial charge < -0.3 is 10.2 Å². The quantitative estimate of drug-likeness (QED) is 0.298. The van der Waals surface area contributed by atoms with Crippen LogP contribution in [0.5, 0.6) is 11.5 Å². The summed E-state index contributed by atoms with van der Waals surface area (Å²) in [7, 11) is 0. The van der Waals surface area contributed by atoms with Crippen LogP contribution in [0.3, 0.4) is 0 Å². The molecule has 0 fully saturated rings. The van der Waals surface area contributed by atoms with Gasteiger partial charge in [0.2, 0.25) is 0 Å². The first-order valence-corrected chi connectivity index (χ1v) is 10.8. The number of hydrogen-bond donors (Lipinski definition) is 2. The highest BCUT2D eigenvalue weighted by molar-refractivity contribution is 5.83. The van der Waals surface area contributed by atoms with Crippen LogP contribution in [0.4, 0.5) is 0 Å². The molecule has 0 aliphatic heterocycles. The fraction of sp³-hybridized carbons (Fsp3) is 0.440. The summed E-state index contributed by atoms with van der Waals surface area (Å²) in [4.78, 5) is 8.80. The van der Waals surface area contributed by atoms with Crippen LogP contribution in [0.15, 0.2) is 58.5 Å². The average molecular weight is 395 g/mol. The number of nitrogens with zero attached hydrogens (tertiary/aromatic N) is 2. The highest BCUT2D eigenvalue weighted by Gasteiger charge is 1.96. The monoisotopic (exact) mass is 394 g/mol. The second-order valence-electron chi connectivity index (χ2n) is 7.37. The van der Waals surface area contributed by atoms with E-state index in [1.807, 2.05) is 36.4 Å². The Bertz CT molecular complexity index is 692. The summed E-state index contributed by atoms with van der Waals surface area (Å²) in [6.45, 7) is 1.66. The molecule has 4 nitrogen and oxygen atoms in total. The highest BCUT2D eigenvalue weighted by Crippen LogP contribution is 2.14. The van der Waals surface area contributed by atoms with Crippen molar-refractivity contribution in [3.63, 3.8) is 0 Å². The van der Waals surface area contributed by atoms with E-state index in [0.717, 1.165) is 37.1 Å². The molecular weight excluding hydrogens is 360 g/mol. The minimum atomic E-state index is 0.290. The van der Waals surface area contributed by atoms with Gasteiger partial charge in [0.1, 0.15) is 11.5 Å². The smallest absolute Gasteiger partial charge is 0.124 e. The van der Waals surface area contributed by atoms with Crippen molar-refractivity contribution in [2.75, 3.05) is 13.1 Å². The first-order chi connectivity index (χ1) is 14.3. The molecule has 29 heavy (non-hydrogen) atoms. The van der Waals surface area contributed by atoms with E-state index in [4.69, 9.17) is 0 Å². The van der Waals surface area contributed by atoms with Gasteiger partial charge in [-0.05, 0) is 37.1 Å². The minimum absolute atomic E-state index is 0.290. The number of para-hydroxylation sites is 2. The van der Waals surface area contributed by atoms with E-state index < -0.39 is 0 Å². The van der Waals surface area contributed by atoms with Crippen LogP contribution in [0.25, 0.3) is 0 Å². The Morgan fingerprint density at radius 3 is 1.24 bits per heavy atom. The maximum Gasteiger partial charge on any atom is 0.124 e. The lowest BCUT2D eigenvalue weighted by Gasteiger charge is -2.02. The number of benzene rings is 2. The molecule has 2 rings (SSSR count). The zero-order valence-electron chi connectivity index (χ0n) is 17.3. The Morgan fingerprint density at radius 2 is 0.862 bits per heavy atom. The number of phenolic OH excluding ortho intramolecular Hbond substituents is 2. The van der Waals surface area contributed by atoms with Gasteiger partial charge in [0.15, 0.2) is 0 Å². The van der Waals surface area contributed by atoms with Crippen molar-refractivity contribution in [1.82, 2.24) is 0 Å². The topological polar surface area (TPSA) is 65.2 Å². The van der Waals surface area contributed by atoms with Crippen molar-refractivity contribution in [3.05, 3.63) is 59.7 Å². The molecule has 0 amide bonds. The third-order valence-corrected chi connectivity index (χ3v) is 4.91. The number of rotatable bonds is 14. The average Bonchev–Trinajstić information content (AvgIpc) is 2.73. The summed E-state index contributed by atoms with van der Waals surface area (Å²) in [6, 6.07) is 14.6. The molecule has 0 atom stereocenters. The van der Waals surface area contributed by atoms with Crippen molar-refractivity contribution in [3.8, 4) is 11.5 Å². The molecule has 0 spiro atoms. The molecule has 156 valence electrons. The third kappa shape index (κ3) is 9.93. The Morgan fingerprint density at radius 1 is 0.517 bits per heavy atom. The van der Waals surface area contributed by atoms with E-state index in [0.29, 0.717) is 11.5 Å². The van der Waals surface area contributed by atoms with Crippen molar-refractivity contribution < 1.29 is 10.2 Å². The van der Waals surface area contributed by atoms with Gasteiger partial charge >= 0.3 is 0 Å². The molecule has 0 bridgehead atoms. The van der Waals surface area contributed by atoms with Crippen LogP contribution < -0.4 is 0 Å². The molecule has 0 saturated heterocycles. The molecule has 0 aromatic heterocycles. The van der Waals surface area contributed by atoms with Gasteiger partial charge in [-0.2, -0.15) is 0 Å². The van der Waals surface area contributed by atoms with Crippen molar-refractivity contribution >= 4 is 12.4 Å². The molecule has 0 heterocycles. The van der Waals surface area contributed by atoms with Crippen LogP contribution in [0.2, 0.25) is 0 Å². The summed E-state index contributed by atoms with van der Waals surface area (Å²) >= 11 is 0. The van der Waals surface area contributed by atoms with Gasteiger partial charge in [-0.15, -0.1) is 0 Å². The largest absolute Gasteiger partial charge is 0.507 e. The van der Waals surface area contributed by atoms with E-state index in [1.54, 1.807) is 24.6 Å². The molecule has 0 saturated carbocycles. The number of aliphatic imine (C=N–C) groups is 2. The van der Waals surface area contributed by atoms with Crippen molar-refractivity contribution in [2.45, 2.75) is 57.8 Å². The summed E-state index contributed by atoms with van der Waals surface area (Å²) in [5, 5.41) is 19.3. The van der Waals surface area contributed by atoms with Gasteiger partial charge in [0, 0.05) is 36.6 Å². The standard InChI is InChI=1S/C25H34N2O2/c28-24-16-10-8-14-22(24)20-26-18-12-6-4-2-1-3-5-7-13-19-27-21-23-15-9-11-17-25(23)29/h8-11,14-17,20-21,28-29H,1-7,12-13,18-19H2. The van der Waals surface area contributed by atoms with E-state index in [-0.39, 0.29) is 0 Å². The van der Waals surface area contributed by atoms with Gasteiger partial charge in [0.25, 0.3) is 0 Å². The molecule has 2 aromatic carbocycles. The predicted octanol–water partition coefficient (Wildman–Crippen LogP) is 6.15. The Hall–Kier alpha value is -2.62. The normalized spacial score (nSPS) is 11.6. The Labute approximate surface area is 175 Å². The fourth-order valence-corrected chi connectivity index (χ4v) is 3.16. The maximum absolute atomic E-state index is 9.66. The lowest BCUT2D eigenvalue weighted by atomic mass is 10.1. The van der Waals surface area contributed by atoms with Crippen LogP contribution in [0, 0.1) is 0 Å². The van der Waals surface area contributed by atoms with Crippen LogP contribution in [-0.2, 0) is 0 Å². The molecule has 0 aliphatic carbocycles. The zero-order chi connectivity index (χ0) is 20.6. The second-order valence-corrected chi connectivity index (χ2v) is 7.37. The van der Waals surface area contributed by atoms with Crippen molar-refractivity contribution in [2.24, 2.45) is 9.98 Å². The van der Waals surface area contributed by atoms with E-state index in [2.05, 4.69) is 9.98 Å². The first kappa shape index (κ1) is 22.7. The molecular formula is C25H34N2O2. The zero-order valence-corrected chi connectivity index (χ0v) is 17.3. The first-order valence-electron chi connectivity index (χ1n) is 10.8. The Balaban J connectivity index is 1.37. The lowest BCUT2D eigenvalue weighted by Crippen LogP contribution is -1.88. The van der Waals surface area contributed by atoms with E-state index in [9.17, 15) is 10.2 Å². The molecule has 2 aromatic rings. The maximum atomic E-state index is 9.66. The van der Waals surface area contributed by atoms with E-state index in [1.165, 1.54) is 44.9 Å². The van der Waals surface area contributed by atoms with Gasteiger partial charge in [-0.25, -0.2) is 0 Å². The molecule has 0 unspecified atom stereocenters. The summed E-state index contributed by atoms with van der Waals surface area (Å²) < 4.78 is 0. The summed E-state index contributed by atoms with van der Waals surface area (Å²) in [6.07, 6.45) is 14.7. The van der Waals surface area contributed by atoms with E-state index >= 15 is 0 Å². The Kier molecular flexibility index (Phi) is 11.2. The third-order valence-electron chi connectivity index (χ3n) is 4.91. The summed E-state index contributed by atoms with van der Waals surface area (Å²) in [5.41, 5.74) is 1.58. The number of phenols is 2. The number of hydrogen-bond acceptors (Lipinski definition) is 4. The van der Waals surface area contributed by atoms with Crippen molar-refractivity contribution in [1.29, 1.82) is 0 Å². The highest BCUT2D eigenvalue weighted by atomic mass is 16.3. The van der Waals surface area contributed by atoms with Crippen LogP contribution >= 0.6 is 0 Å². The minimum Gasteiger partial charge on any atom is -0.507 e. The summed E-state index contributed by atoms with van der Waals surface area (Å²) in [5.74, 6) is 0.581. The van der Waals surface area contributed by atoms with Crippen LogP contribution in [0.1, 0.15) is 68.9 Å². The second kappa shape index (κ2) is 14.4. The van der Waals surface area contributed by atoms with Crippen LogP contribution in [-0.4, -0.2) is 35.7 Å². The molecule has 4 heteroatoms. The number of unbranched alkanes of at least 4 members (excludes halogenated alkanes) is 8. The lowest BCUT2D eigenvalue weighted by molar-refractivity contribution is 0.474. The van der Waals surface area contributed by atoms with Gasteiger partial charge in [0.05, 0.1) is 0 Å². The van der Waals surface area contributed by atoms with Gasteiger partial charge in [-0.3, -0.25) is 9.98 Å². The number of aromatic hydroxyl groups is 2. The molecule has 0 aliphatic rings. The van der Waals surface area contributed by atoms with Gasteiger partial charge in [-0.1, -0.05) is 69.2 Å². The molecule has 0 radical (unpaired) electrons. The SMILES string of the molecule is Oc1ccccc1C=NCCCCCCCCCCCN=Cc1ccccc1O. The molecule has 2 N–H and O–H groups in total. The predicted molar refractivity (Wildman–Crippen MR) is 123 cm³/mol.